The number of alkyl halides is 3. The van der Waals surface area contributed by atoms with Gasteiger partial charge in [-0.25, -0.2) is 4.39 Å². The maximum absolute atomic E-state index is 12.8. The molecular weight excluding hydrogens is 212 g/mol. The molecule has 0 saturated heterocycles. The smallest absolute Gasteiger partial charge is 0.403 e. The molecule has 1 nitrogen and oxygen atoms in total. The van der Waals surface area contributed by atoms with Crippen molar-refractivity contribution in [1.82, 2.24) is 0 Å². The number of aryl methyl sites for hydroxylation is 1. The van der Waals surface area contributed by atoms with Gasteiger partial charge in [0.05, 0.1) is 0 Å². The van der Waals surface area contributed by atoms with Gasteiger partial charge in [0.25, 0.3) is 0 Å². The Labute approximate surface area is 85.7 Å². The molecule has 1 aromatic rings. The zero-order chi connectivity index (χ0) is 12.1. The van der Waals surface area contributed by atoms with E-state index in [1.54, 1.807) is 6.92 Å². The van der Waals surface area contributed by atoms with Gasteiger partial charge < -0.3 is 4.74 Å². The van der Waals surface area contributed by atoms with E-state index in [0.29, 0.717) is 5.56 Å². The summed E-state index contributed by atoms with van der Waals surface area (Å²) in [5.41, 5.74) is 0.534. The first-order valence-corrected chi connectivity index (χ1v) is 4.40. The fourth-order valence-electron chi connectivity index (χ4n) is 0.813. The van der Waals surface area contributed by atoms with Crippen molar-refractivity contribution in [3.63, 3.8) is 0 Å². The van der Waals surface area contributed by atoms with Crippen molar-refractivity contribution in [2.75, 3.05) is 0 Å². The van der Waals surface area contributed by atoms with Gasteiger partial charge in [-0.1, -0.05) is 19.9 Å². The van der Waals surface area contributed by atoms with Crippen LogP contribution in [-0.4, -0.2) is 6.36 Å². The van der Waals surface area contributed by atoms with E-state index in [4.69, 9.17) is 0 Å². The summed E-state index contributed by atoms with van der Waals surface area (Å²) in [6.07, 6.45) is -4.85. The summed E-state index contributed by atoms with van der Waals surface area (Å²) >= 11 is 0. The molecule has 1 rings (SSSR count). The Morgan fingerprint density at radius 1 is 1.13 bits per heavy atom. The molecule has 0 unspecified atom stereocenters. The zero-order valence-electron chi connectivity index (χ0n) is 8.65. The second-order valence-electron chi connectivity index (χ2n) is 2.48. The molecule has 0 aromatic heterocycles. The maximum atomic E-state index is 12.8. The fraction of sp³-hybridized carbons (Fsp3) is 0.400. The molecule has 0 aliphatic rings. The predicted molar refractivity (Wildman–Crippen MR) is 49.2 cm³/mol. The van der Waals surface area contributed by atoms with E-state index in [9.17, 15) is 17.6 Å². The third-order valence-electron chi connectivity index (χ3n) is 1.31. The molecular formula is C10H12F4O. The molecule has 0 amide bonds. The quantitative estimate of drug-likeness (QED) is 0.653. The minimum Gasteiger partial charge on any atom is -0.403 e. The van der Waals surface area contributed by atoms with Crippen LogP contribution in [0.25, 0.3) is 0 Å². The van der Waals surface area contributed by atoms with E-state index in [2.05, 4.69) is 4.74 Å². The Bertz CT molecular complexity index is 307. The van der Waals surface area contributed by atoms with Crippen molar-refractivity contribution < 1.29 is 22.3 Å². The summed E-state index contributed by atoms with van der Waals surface area (Å²) < 4.78 is 51.1. The molecule has 1 aromatic carbocycles. The highest BCUT2D eigenvalue weighted by molar-refractivity contribution is 5.28. The lowest BCUT2D eigenvalue weighted by Gasteiger charge is -2.09. The summed E-state index contributed by atoms with van der Waals surface area (Å²) in [6, 6.07) is 3.25. The van der Waals surface area contributed by atoms with Gasteiger partial charge in [0.2, 0.25) is 0 Å². The molecule has 0 fully saturated rings. The first-order valence-electron chi connectivity index (χ1n) is 4.40. The normalized spacial score (nSPS) is 10.3. The third kappa shape index (κ3) is 5.24. The molecule has 0 saturated carbocycles. The Morgan fingerprint density at radius 2 is 1.67 bits per heavy atom. The lowest BCUT2D eigenvalue weighted by atomic mass is 10.2. The van der Waals surface area contributed by atoms with Crippen LogP contribution in [0.15, 0.2) is 18.2 Å². The van der Waals surface area contributed by atoms with Crippen molar-refractivity contribution in [2.24, 2.45) is 0 Å². The van der Waals surface area contributed by atoms with Crippen LogP contribution in [0.1, 0.15) is 19.4 Å². The summed E-state index contributed by atoms with van der Waals surface area (Å²) in [5.74, 6) is -1.82. The summed E-state index contributed by atoms with van der Waals surface area (Å²) in [7, 11) is 0. The molecule has 0 heterocycles. The van der Waals surface area contributed by atoms with Crippen molar-refractivity contribution in [1.29, 1.82) is 0 Å². The number of ether oxygens (including phenoxy) is 1. The van der Waals surface area contributed by atoms with Gasteiger partial charge in [0.1, 0.15) is 0 Å². The Balaban J connectivity index is 0.000000921. The van der Waals surface area contributed by atoms with Crippen LogP contribution in [0.4, 0.5) is 17.6 Å². The first kappa shape index (κ1) is 13.7. The monoisotopic (exact) mass is 224 g/mol. The minimum absolute atomic E-state index is 0.534. The van der Waals surface area contributed by atoms with Crippen molar-refractivity contribution in [3.05, 3.63) is 29.6 Å². The van der Waals surface area contributed by atoms with E-state index in [0.717, 1.165) is 12.1 Å². The number of hydrogen-bond acceptors (Lipinski definition) is 1. The maximum Gasteiger partial charge on any atom is 0.573 e. The van der Waals surface area contributed by atoms with Crippen molar-refractivity contribution in [3.8, 4) is 5.75 Å². The van der Waals surface area contributed by atoms with Gasteiger partial charge in [0, 0.05) is 0 Å². The van der Waals surface area contributed by atoms with Crippen LogP contribution >= 0.6 is 0 Å². The molecule has 5 heteroatoms. The fourth-order valence-corrected chi connectivity index (χ4v) is 0.813. The zero-order valence-corrected chi connectivity index (χ0v) is 8.65. The standard InChI is InChI=1S/C8H6F4O.C2H6/c1-5-2-3-7(6(9)4-5)13-8(10,11)12;1-2/h2-4H,1H3;1-2H3. The molecule has 0 aliphatic heterocycles. The van der Waals surface area contributed by atoms with Crippen LogP contribution in [0.3, 0.4) is 0 Å². The van der Waals surface area contributed by atoms with Crippen molar-refractivity contribution >= 4 is 0 Å². The molecule has 0 N–H and O–H groups in total. The minimum atomic E-state index is -4.85. The van der Waals surface area contributed by atoms with Crippen LogP contribution < -0.4 is 4.74 Å². The lowest BCUT2D eigenvalue weighted by molar-refractivity contribution is -0.275. The lowest BCUT2D eigenvalue weighted by Crippen LogP contribution is -2.17. The molecule has 0 spiro atoms. The van der Waals surface area contributed by atoms with Gasteiger partial charge >= 0.3 is 6.36 Å². The number of halogens is 4. The second kappa shape index (κ2) is 5.58. The second-order valence-corrected chi connectivity index (χ2v) is 2.48. The van der Waals surface area contributed by atoms with Crippen LogP contribution in [0.5, 0.6) is 5.75 Å². The van der Waals surface area contributed by atoms with Gasteiger partial charge in [-0.15, -0.1) is 13.2 Å². The SMILES string of the molecule is CC.Cc1ccc(OC(F)(F)F)c(F)c1. The largest absolute Gasteiger partial charge is 0.573 e. The average Bonchev–Trinajstić information content (AvgIpc) is 2.12. The first-order chi connectivity index (χ1) is 6.88. The van der Waals surface area contributed by atoms with Gasteiger partial charge in [-0.05, 0) is 24.6 Å². The third-order valence-corrected chi connectivity index (χ3v) is 1.31. The topological polar surface area (TPSA) is 9.23 Å². The predicted octanol–water partition coefficient (Wildman–Crippen LogP) is 4.06. The highest BCUT2D eigenvalue weighted by atomic mass is 19.4. The highest BCUT2D eigenvalue weighted by Crippen LogP contribution is 2.25. The summed E-state index contributed by atoms with van der Waals surface area (Å²) in [6.45, 7) is 5.57. The summed E-state index contributed by atoms with van der Waals surface area (Å²) in [5, 5.41) is 0. The Kier molecular flexibility index (Phi) is 5.11. The van der Waals surface area contributed by atoms with E-state index in [1.807, 2.05) is 13.8 Å². The molecule has 0 atom stereocenters. The molecule has 0 bridgehead atoms. The van der Waals surface area contributed by atoms with E-state index in [1.165, 1.54) is 6.07 Å². The average molecular weight is 224 g/mol. The van der Waals surface area contributed by atoms with E-state index < -0.39 is 17.9 Å². The molecule has 15 heavy (non-hydrogen) atoms. The van der Waals surface area contributed by atoms with Crippen LogP contribution in [0.2, 0.25) is 0 Å². The number of rotatable bonds is 1. The van der Waals surface area contributed by atoms with Gasteiger partial charge in [-0.3, -0.25) is 0 Å². The molecule has 0 radical (unpaired) electrons. The number of hydrogen-bond donors (Lipinski definition) is 0. The summed E-state index contributed by atoms with van der Waals surface area (Å²) in [4.78, 5) is 0. The highest BCUT2D eigenvalue weighted by Gasteiger charge is 2.32. The van der Waals surface area contributed by atoms with E-state index >= 15 is 0 Å². The Hall–Kier alpha value is -1.26. The van der Waals surface area contributed by atoms with Crippen LogP contribution in [-0.2, 0) is 0 Å². The van der Waals surface area contributed by atoms with Gasteiger partial charge in [0.15, 0.2) is 11.6 Å². The Morgan fingerprint density at radius 3 is 2.07 bits per heavy atom. The van der Waals surface area contributed by atoms with Crippen molar-refractivity contribution in [2.45, 2.75) is 27.1 Å². The van der Waals surface area contributed by atoms with Crippen LogP contribution in [0, 0.1) is 12.7 Å². The van der Waals surface area contributed by atoms with E-state index in [-0.39, 0.29) is 0 Å². The van der Waals surface area contributed by atoms with Gasteiger partial charge in [-0.2, -0.15) is 0 Å². The molecule has 86 valence electrons. The molecule has 0 aliphatic carbocycles. The number of benzene rings is 1.